The van der Waals surface area contributed by atoms with Gasteiger partial charge in [0.25, 0.3) is 0 Å². The second-order valence-corrected chi connectivity index (χ2v) is 24.3. The van der Waals surface area contributed by atoms with Crippen molar-refractivity contribution in [3.63, 3.8) is 0 Å². The summed E-state index contributed by atoms with van der Waals surface area (Å²) in [4.78, 5) is 11.3. The predicted octanol–water partition coefficient (Wildman–Crippen LogP) is 22.3. The molecule has 5 aromatic heterocycles. The third kappa shape index (κ3) is 7.20. The van der Waals surface area contributed by atoms with Crippen LogP contribution in [0.25, 0.3) is 188 Å². The van der Waals surface area contributed by atoms with Crippen LogP contribution in [0.2, 0.25) is 0 Å². The maximum atomic E-state index is 5.78. The first kappa shape index (κ1) is 50.6. The Morgan fingerprint density at radius 3 is 0.957 bits per heavy atom. The highest BCUT2D eigenvalue weighted by atomic mass is 15.0. The monoisotopic (exact) mass is 1170 g/mol. The van der Waals surface area contributed by atoms with Gasteiger partial charge in [-0.05, 0) is 130 Å². The number of benzene rings is 14. The average molecular weight is 1170 g/mol. The number of fused-ring (bicyclic) bond motifs is 15. The molecule has 14 aromatic carbocycles. The molecule has 0 atom stereocenters. The maximum Gasteiger partial charge on any atom is 0.160 e. The lowest BCUT2D eigenvalue weighted by Crippen LogP contribution is -2.02. The Hall–Kier alpha value is -12.4. The normalized spacial score (nSPS) is 12.1. The third-order valence-electron chi connectivity index (χ3n) is 19.5. The van der Waals surface area contributed by atoms with Crippen molar-refractivity contribution < 1.29 is 0 Å². The van der Waals surface area contributed by atoms with Crippen molar-refractivity contribution in [2.24, 2.45) is 0 Å². The molecule has 0 bridgehead atoms. The second kappa shape index (κ2) is 19.6. The summed E-state index contributed by atoms with van der Waals surface area (Å²) in [6, 6.07) is 116. The van der Waals surface area contributed by atoms with E-state index in [-0.39, 0.29) is 0 Å². The molecule has 0 spiro atoms. The van der Waals surface area contributed by atoms with Gasteiger partial charge in [-0.3, -0.25) is 0 Å². The van der Waals surface area contributed by atoms with E-state index in [1.807, 2.05) is 0 Å². The van der Waals surface area contributed by atoms with Crippen molar-refractivity contribution in [1.82, 2.24) is 28.2 Å². The van der Waals surface area contributed by atoms with Crippen molar-refractivity contribution in [1.29, 1.82) is 0 Å². The average Bonchev–Trinajstić information content (AvgIpc) is 1.57. The van der Waals surface area contributed by atoms with Gasteiger partial charge in [-0.2, -0.15) is 0 Å². The first-order valence-electron chi connectivity index (χ1n) is 31.6. The molecule has 6 nitrogen and oxygen atoms in total. The zero-order chi connectivity index (χ0) is 60.1. The molecule has 0 saturated heterocycles. The fourth-order valence-electron chi connectivity index (χ4n) is 15.8. The highest BCUT2D eigenvalue weighted by Gasteiger charge is 2.30. The number of hydrogen-bond acceptors (Lipinski definition) is 2. The van der Waals surface area contributed by atoms with Gasteiger partial charge in [0.2, 0.25) is 0 Å². The van der Waals surface area contributed by atoms with E-state index in [4.69, 9.17) is 9.97 Å². The summed E-state index contributed by atoms with van der Waals surface area (Å²) in [5, 5.41) is 12.0. The lowest BCUT2D eigenvalue weighted by atomic mass is 9.95. The van der Waals surface area contributed by atoms with Gasteiger partial charge in [0, 0.05) is 88.1 Å². The minimum Gasteiger partial charge on any atom is -0.309 e. The molecule has 0 saturated carbocycles. The standard InChI is InChI=1S/C86H52N6/c1-4-24-54(25-5-1)86-87-84(83-68-40-18-26-53-27-19-41-69(78(53)68)85(83)88-86)55-50-58(91-72-44-16-12-34-66(72)81-62(38-22-48-76(81)91)60-36-20-46-74-79(60)64-32-10-14-42-70(64)89(74)56-28-6-2-7-29-56)52-59(51-55)92-73-45-17-13-35-67(73)82-63(39-23-49-77(82)92)61-37-21-47-75-80(61)65-33-11-15-43-71(65)90(75)57-30-8-3-9-31-57/h1-52H. The highest BCUT2D eigenvalue weighted by molar-refractivity contribution is 6.25. The summed E-state index contributed by atoms with van der Waals surface area (Å²) in [5.74, 6) is 0.685. The SMILES string of the molecule is c1ccc(-c2nc(-c3cc(-n4c5ccccc5c5c(-c6cccc7c6c6ccccc6n7-c6ccccc6)cccc54)cc(-n4c5ccccc5c5c(-c6cccc7c6c6ccccc6n7-c6ccccc6)cccc54)c3)c3c(n2)-c2cccc4cccc-3c24)cc1. The molecule has 0 aliphatic heterocycles. The Morgan fingerprint density at radius 2 is 0.533 bits per heavy atom. The van der Waals surface area contributed by atoms with Crippen LogP contribution in [0.3, 0.4) is 0 Å². The smallest absolute Gasteiger partial charge is 0.160 e. The summed E-state index contributed by atoms with van der Waals surface area (Å²) in [6.07, 6.45) is 0. The van der Waals surface area contributed by atoms with E-state index >= 15 is 0 Å². The maximum absolute atomic E-state index is 5.78. The van der Waals surface area contributed by atoms with E-state index in [2.05, 4.69) is 334 Å². The van der Waals surface area contributed by atoms with Crippen LogP contribution in [0.1, 0.15) is 0 Å². The van der Waals surface area contributed by atoms with Crippen LogP contribution in [0.15, 0.2) is 315 Å². The number of para-hydroxylation sites is 6. The molecule has 1 aliphatic rings. The Morgan fingerprint density at radius 1 is 0.207 bits per heavy atom. The Labute approximate surface area is 528 Å². The van der Waals surface area contributed by atoms with E-state index in [9.17, 15) is 0 Å². The Kier molecular flexibility index (Phi) is 10.8. The number of rotatable bonds is 8. The van der Waals surface area contributed by atoms with E-state index in [0.717, 1.165) is 84.0 Å². The molecule has 20 rings (SSSR count). The van der Waals surface area contributed by atoms with Gasteiger partial charge < -0.3 is 18.3 Å². The van der Waals surface area contributed by atoms with Crippen LogP contribution < -0.4 is 0 Å². The molecule has 1 aliphatic carbocycles. The van der Waals surface area contributed by atoms with Crippen LogP contribution in [0.5, 0.6) is 0 Å². The van der Waals surface area contributed by atoms with E-state index in [0.29, 0.717) is 5.82 Å². The Bertz CT molecular complexity index is 6000. The van der Waals surface area contributed by atoms with E-state index in [1.54, 1.807) is 0 Å². The second-order valence-electron chi connectivity index (χ2n) is 24.3. The van der Waals surface area contributed by atoms with Gasteiger partial charge in [-0.1, -0.05) is 224 Å². The summed E-state index contributed by atoms with van der Waals surface area (Å²) < 4.78 is 9.84. The summed E-state index contributed by atoms with van der Waals surface area (Å²) in [7, 11) is 0. The lowest BCUT2D eigenvalue weighted by molar-refractivity contribution is 1.13. The van der Waals surface area contributed by atoms with E-state index < -0.39 is 0 Å². The summed E-state index contributed by atoms with van der Waals surface area (Å²) in [5.41, 5.74) is 25.3. The number of aromatic nitrogens is 6. The highest BCUT2D eigenvalue weighted by Crippen LogP contribution is 2.52. The van der Waals surface area contributed by atoms with Gasteiger partial charge in [-0.15, -0.1) is 0 Å². The lowest BCUT2D eigenvalue weighted by Gasteiger charge is -2.18. The number of hydrogen-bond donors (Lipinski definition) is 0. The first-order valence-corrected chi connectivity index (χ1v) is 31.6. The van der Waals surface area contributed by atoms with Gasteiger partial charge in [0.05, 0.1) is 55.5 Å². The van der Waals surface area contributed by atoms with Crippen LogP contribution in [0.4, 0.5) is 0 Å². The van der Waals surface area contributed by atoms with E-state index in [1.165, 1.54) is 98.2 Å². The molecule has 0 amide bonds. The predicted molar refractivity (Wildman–Crippen MR) is 383 cm³/mol. The summed E-state index contributed by atoms with van der Waals surface area (Å²) in [6.45, 7) is 0. The summed E-state index contributed by atoms with van der Waals surface area (Å²) >= 11 is 0. The zero-order valence-electron chi connectivity index (χ0n) is 49.7. The van der Waals surface area contributed by atoms with Crippen molar-refractivity contribution in [3.05, 3.63) is 315 Å². The van der Waals surface area contributed by atoms with Crippen LogP contribution in [0, 0.1) is 0 Å². The fraction of sp³-hybridized carbons (Fsp3) is 0. The molecule has 6 heteroatoms. The number of nitrogens with zero attached hydrogens (tertiary/aromatic N) is 6. The Balaban J connectivity index is 0.888. The quantitative estimate of drug-likeness (QED) is 0.152. The molecule has 0 N–H and O–H groups in total. The van der Waals surface area contributed by atoms with Crippen molar-refractivity contribution in [2.45, 2.75) is 0 Å². The molecular formula is C86H52N6. The van der Waals surface area contributed by atoms with Gasteiger partial charge >= 0.3 is 0 Å². The molecule has 0 fully saturated rings. The van der Waals surface area contributed by atoms with Crippen molar-refractivity contribution in [2.75, 3.05) is 0 Å². The molecule has 0 unspecified atom stereocenters. The van der Waals surface area contributed by atoms with Crippen LogP contribution in [-0.4, -0.2) is 28.2 Å². The van der Waals surface area contributed by atoms with Gasteiger partial charge in [0.1, 0.15) is 0 Å². The third-order valence-corrected chi connectivity index (χ3v) is 19.5. The molecule has 92 heavy (non-hydrogen) atoms. The fourth-order valence-corrected chi connectivity index (χ4v) is 15.8. The topological polar surface area (TPSA) is 45.5 Å². The molecule has 426 valence electrons. The minimum absolute atomic E-state index is 0.685. The van der Waals surface area contributed by atoms with Gasteiger partial charge in [0.15, 0.2) is 5.82 Å². The molecule has 0 radical (unpaired) electrons. The molecule has 5 heterocycles. The van der Waals surface area contributed by atoms with Crippen LogP contribution >= 0.6 is 0 Å². The van der Waals surface area contributed by atoms with Gasteiger partial charge in [-0.25, -0.2) is 9.97 Å². The molecular weight excluding hydrogens is 1120 g/mol. The van der Waals surface area contributed by atoms with Crippen LogP contribution in [-0.2, 0) is 0 Å². The zero-order valence-corrected chi connectivity index (χ0v) is 49.7. The largest absolute Gasteiger partial charge is 0.309 e. The first-order chi connectivity index (χ1) is 45.7. The minimum atomic E-state index is 0.685. The van der Waals surface area contributed by atoms with Crippen molar-refractivity contribution >= 4 is 98.0 Å². The van der Waals surface area contributed by atoms with Crippen molar-refractivity contribution in [3.8, 4) is 90.0 Å². The molecule has 19 aromatic rings.